The minimum absolute atomic E-state index is 0. The molecule has 0 aromatic heterocycles. The highest BCUT2D eigenvalue weighted by atomic mass is 35.5. The third kappa shape index (κ3) is 5.38. The number of thioether (sulfide) groups is 1. The highest BCUT2D eigenvalue weighted by Crippen LogP contribution is 2.30. The zero-order valence-electron chi connectivity index (χ0n) is 15.7. The molecule has 148 valence electrons. The average molecular weight is 421 g/mol. The van der Waals surface area contributed by atoms with Crippen molar-refractivity contribution in [2.75, 3.05) is 19.3 Å². The summed E-state index contributed by atoms with van der Waals surface area (Å²) in [6, 6.07) is 7.83. The molecule has 8 heteroatoms. The van der Waals surface area contributed by atoms with Crippen molar-refractivity contribution in [3.63, 3.8) is 0 Å². The van der Waals surface area contributed by atoms with Crippen LogP contribution < -0.4 is 10.6 Å². The molecule has 0 saturated carbocycles. The van der Waals surface area contributed by atoms with E-state index in [4.69, 9.17) is 0 Å². The SMILES string of the molecule is CC(C)Sc1ccc(C(C)NC(=O)C2(S(C)(=O)=O)CCNCC2)cc1.Cl. The molecule has 1 atom stereocenters. The Labute approximate surface area is 167 Å². The molecule has 1 aliphatic rings. The summed E-state index contributed by atoms with van der Waals surface area (Å²) < 4.78 is 23.3. The summed E-state index contributed by atoms with van der Waals surface area (Å²) in [7, 11) is -3.49. The molecule has 5 nitrogen and oxygen atoms in total. The van der Waals surface area contributed by atoms with Crippen molar-refractivity contribution < 1.29 is 13.2 Å². The van der Waals surface area contributed by atoms with Gasteiger partial charge < -0.3 is 10.6 Å². The molecule has 0 spiro atoms. The molecular formula is C18H29ClN2O3S2. The molecule has 0 bridgehead atoms. The van der Waals surface area contributed by atoms with Gasteiger partial charge in [-0.15, -0.1) is 24.2 Å². The van der Waals surface area contributed by atoms with Crippen LogP contribution in [-0.4, -0.2) is 43.7 Å². The Hall–Kier alpha value is -0.760. The first-order valence-electron chi connectivity index (χ1n) is 8.63. The van der Waals surface area contributed by atoms with Crippen LogP contribution in [0, 0.1) is 0 Å². The zero-order valence-corrected chi connectivity index (χ0v) is 18.2. The van der Waals surface area contributed by atoms with Crippen LogP contribution in [0.2, 0.25) is 0 Å². The Morgan fingerprint density at radius 1 is 1.15 bits per heavy atom. The summed E-state index contributed by atoms with van der Waals surface area (Å²) in [4.78, 5) is 14.0. The lowest BCUT2D eigenvalue weighted by Crippen LogP contribution is -2.57. The number of benzene rings is 1. The van der Waals surface area contributed by atoms with E-state index in [1.54, 1.807) is 11.8 Å². The summed E-state index contributed by atoms with van der Waals surface area (Å²) in [5, 5.41) is 6.56. The monoisotopic (exact) mass is 420 g/mol. The first kappa shape index (κ1) is 23.3. The molecule has 0 aliphatic carbocycles. The van der Waals surface area contributed by atoms with Crippen LogP contribution in [0.15, 0.2) is 29.2 Å². The first-order chi connectivity index (χ1) is 11.7. The third-order valence-corrected chi connectivity index (χ3v) is 7.66. The first-order valence-corrected chi connectivity index (χ1v) is 11.4. The van der Waals surface area contributed by atoms with Crippen LogP contribution in [0.1, 0.15) is 45.2 Å². The molecule has 1 aromatic carbocycles. The van der Waals surface area contributed by atoms with E-state index in [0.29, 0.717) is 31.2 Å². The van der Waals surface area contributed by atoms with Crippen LogP contribution in [-0.2, 0) is 14.6 Å². The van der Waals surface area contributed by atoms with Gasteiger partial charge in [0, 0.05) is 16.4 Å². The van der Waals surface area contributed by atoms with Crippen molar-refractivity contribution in [1.82, 2.24) is 10.6 Å². The van der Waals surface area contributed by atoms with Gasteiger partial charge in [0.1, 0.15) is 0 Å². The number of piperidine rings is 1. The quantitative estimate of drug-likeness (QED) is 0.692. The lowest BCUT2D eigenvalue weighted by atomic mass is 9.95. The lowest BCUT2D eigenvalue weighted by molar-refractivity contribution is -0.125. The normalized spacial score (nSPS) is 18.0. The van der Waals surface area contributed by atoms with Gasteiger partial charge >= 0.3 is 0 Å². The minimum Gasteiger partial charge on any atom is -0.348 e. The summed E-state index contributed by atoms with van der Waals surface area (Å²) >= 11 is 1.78. The topological polar surface area (TPSA) is 75.3 Å². The van der Waals surface area contributed by atoms with Crippen LogP contribution >= 0.6 is 24.2 Å². The number of amides is 1. The zero-order chi connectivity index (χ0) is 18.7. The van der Waals surface area contributed by atoms with Crippen LogP contribution in [0.25, 0.3) is 0 Å². The average Bonchev–Trinajstić information content (AvgIpc) is 2.54. The van der Waals surface area contributed by atoms with E-state index < -0.39 is 14.6 Å². The van der Waals surface area contributed by atoms with E-state index in [0.717, 1.165) is 5.56 Å². The van der Waals surface area contributed by atoms with E-state index in [1.807, 2.05) is 31.2 Å². The van der Waals surface area contributed by atoms with Gasteiger partial charge in [-0.3, -0.25) is 4.79 Å². The second-order valence-electron chi connectivity index (χ2n) is 6.95. The number of sulfone groups is 1. The van der Waals surface area contributed by atoms with Crippen LogP contribution in [0.3, 0.4) is 0 Å². The van der Waals surface area contributed by atoms with E-state index in [2.05, 4.69) is 24.5 Å². The fourth-order valence-corrected chi connectivity index (χ4v) is 5.29. The van der Waals surface area contributed by atoms with Gasteiger partial charge in [0.15, 0.2) is 14.6 Å². The van der Waals surface area contributed by atoms with Gasteiger partial charge in [-0.05, 0) is 50.6 Å². The molecule has 1 aromatic rings. The maximum Gasteiger partial charge on any atom is 0.242 e. The van der Waals surface area contributed by atoms with Crippen molar-refractivity contribution in [3.8, 4) is 0 Å². The van der Waals surface area contributed by atoms with E-state index in [-0.39, 0.29) is 24.4 Å². The molecule has 2 rings (SSSR count). The van der Waals surface area contributed by atoms with E-state index >= 15 is 0 Å². The van der Waals surface area contributed by atoms with Crippen molar-refractivity contribution in [1.29, 1.82) is 0 Å². The highest BCUT2D eigenvalue weighted by Gasteiger charge is 2.48. The Bertz CT molecular complexity index is 700. The number of carbonyl (C=O) groups is 1. The predicted molar refractivity (Wildman–Crippen MR) is 111 cm³/mol. The Balaban J connectivity index is 0.00000338. The van der Waals surface area contributed by atoms with Crippen molar-refractivity contribution in [3.05, 3.63) is 29.8 Å². The summed E-state index contributed by atoms with van der Waals surface area (Å²) in [5.74, 6) is -0.385. The van der Waals surface area contributed by atoms with Gasteiger partial charge in [-0.1, -0.05) is 26.0 Å². The second-order valence-corrected chi connectivity index (χ2v) is 10.9. The molecule has 1 amide bonds. The van der Waals surface area contributed by atoms with Gasteiger partial charge in [-0.2, -0.15) is 0 Å². The Morgan fingerprint density at radius 2 is 1.69 bits per heavy atom. The number of nitrogens with one attached hydrogen (secondary N) is 2. The molecule has 1 unspecified atom stereocenters. The number of rotatable bonds is 6. The maximum absolute atomic E-state index is 12.8. The molecular weight excluding hydrogens is 392 g/mol. The molecule has 1 saturated heterocycles. The maximum atomic E-state index is 12.8. The molecule has 2 N–H and O–H groups in total. The predicted octanol–water partition coefficient (Wildman–Crippen LogP) is 2.95. The van der Waals surface area contributed by atoms with Crippen molar-refractivity contribution in [2.45, 2.75) is 54.5 Å². The molecule has 1 aliphatic heterocycles. The number of halogens is 1. The van der Waals surface area contributed by atoms with Crippen LogP contribution in [0.4, 0.5) is 0 Å². The number of hydrogen-bond acceptors (Lipinski definition) is 5. The van der Waals surface area contributed by atoms with Gasteiger partial charge in [0.2, 0.25) is 5.91 Å². The van der Waals surface area contributed by atoms with Gasteiger partial charge in [-0.25, -0.2) is 8.42 Å². The fourth-order valence-electron chi connectivity index (χ4n) is 3.12. The van der Waals surface area contributed by atoms with E-state index in [9.17, 15) is 13.2 Å². The third-order valence-electron chi connectivity index (χ3n) is 4.63. The van der Waals surface area contributed by atoms with Gasteiger partial charge in [0.05, 0.1) is 6.04 Å². The summed E-state index contributed by atoms with van der Waals surface area (Å²) in [5.41, 5.74) is 0.971. The summed E-state index contributed by atoms with van der Waals surface area (Å²) in [6.45, 7) is 7.25. The number of hydrogen-bond donors (Lipinski definition) is 2. The smallest absolute Gasteiger partial charge is 0.242 e. The Morgan fingerprint density at radius 3 is 2.15 bits per heavy atom. The van der Waals surface area contributed by atoms with Crippen molar-refractivity contribution in [2.24, 2.45) is 0 Å². The number of carbonyl (C=O) groups excluding carboxylic acids is 1. The molecule has 26 heavy (non-hydrogen) atoms. The molecule has 1 heterocycles. The lowest BCUT2D eigenvalue weighted by Gasteiger charge is -2.35. The molecule has 1 fully saturated rings. The van der Waals surface area contributed by atoms with Gasteiger partial charge in [0.25, 0.3) is 0 Å². The highest BCUT2D eigenvalue weighted by molar-refractivity contribution is 7.99. The largest absolute Gasteiger partial charge is 0.348 e. The standard InChI is InChI=1S/C18H28N2O3S2.ClH/c1-13(2)24-16-7-5-15(6-8-16)14(3)20-17(21)18(25(4,22)23)9-11-19-12-10-18;/h5-8,13-14,19H,9-12H2,1-4H3,(H,20,21);1H. The van der Waals surface area contributed by atoms with Crippen LogP contribution in [0.5, 0.6) is 0 Å². The fraction of sp³-hybridized carbons (Fsp3) is 0.611. The van der Waals surface area contributed by atoms with E-state index in [1.165, 1.54) is 11.2 Å². The minimum atomic E-state index is -3.49. The Kier molecular flexibility index (Phi) is 8.45. The second kappa shape index (κ2) is 9.44. The van der Waals surface area contributed by atoms with Crippen molar-refractivity contribution >= 4 is 39.9 Å². The summed E-state index contributed by atoms with van der Waals surface area (Å²) in [6.07, 6.45) is 1.79. The molecule has 0 radical (unpaired) electrons.